The van der Waals surface area contributed by atoms with Crippen molar-refractivity contribution in [3.63, 3.8) is 0 Å². The number of Topliss-reactive ketones (excluding diaryl/α,β-unsaturated/α-hetero) is 1. The molecule has 22 heavy (non-hydrogen) atoms. The van der Waals surface area contributed by atoms with Crippen LogP contribution in [-0.2, 0) is 14.3 Å². The predicted octanol–water partition coefficient (Wildman–Crippen LogP) is 2.19. The normalized spacial score (nSPS) is 21.1. The van der Waals surface area contributed by atoms with E-state index in [9.17, 15) is 14.4 Å². The lowest BCUT2D eigenvalue weighted by Gasteiger charge is -2.12. The van der Waals surface area contributed by atoms with E-state index >= 15 is 0 Å². The second-order valence-electron chi connectivity index (χ2n) is 5.88. The van der Waals surface area contributed by atoms with Crippen molar-refractivity contribution in [3.8, 4) is 0 Å². The molecule has 1 aliphatic rings. The molecule has 120 valence electrons. The van der Waals surface area contributed by atoms with Crippen molar-refractivity contribution in [2.24, 2.45) is 11.8 Å². The highest BCUT2D eigenvalue weighted by Gasteiger charge is 2.41. The lowest BCUT2D eigenvalue weighted by Crippen LogP contribution is -2.26. The van der Waals surface area contributed by atoms with Gasteiger partial charge in [-0.25, -0.2) is 4.79 Å². The van der Waals surface area contributed by atoms with Crippen LogP contribution < -0.4 is 0 Å². The maximum absolute atomic E-state index is 12.4. The van der Waals surface area contributed by atoms with Gasteiger partial charge in [-0.2, -0.15) is 0 Å². The smallest absolute Gasteiger partial charge is 0.339 e. The minimum Gasteiger partial charge on any atom is -0.465 e. The van der Waals surface area contributed by atoms with E-state index in [4.69, 9.17) is 9.47 Å². The molecule has 0 aromatic carbocycles. The summed E-state index contributed by atoms with van der Waals surface area (Å²) in [6.07, 6.45) is -0.0742. The number of hydrogen-bond donors (Lipinski definition) is 1. The van der Waals surface area contributed by atoms with Crippen LogP contribution in [0.2, 0.25) is 0 Å². The average molecular weight is 307 g/mol. The standard InChI is InChI=1S/C16H21NO5/c1-7-6-11(7)15(19)22-10(4)14(18)13-8(2)12(9(3)17-13)16(20)21-5/h7,10-11,17H,6H2,1-5H3/t7-,10+,11+/m0/s1. The number of carbonyl (C=O) groups is 3. The van der Waals surface area contributed by atoms with Gasteiger partial charge in [0.2, 0.25) is 5.78 Å². The molecule has 1 saturated carbocycles. The molecule has 1 aliphatic carbocycles. The number of aromatic nitrogens is 1. The van der Waals surface area contributed by atoms with Crippen molar-refractivity contribution in [2.45, 2.75) is 40.2 Å². The topological polar surface area (TPSA) is 85.5 Å². The molecular weight excluding hydrogens is 286 g/mol. The van der Waals surface area contributed by atoms with Gasteiger partial charge in [-0.05, 0) is 38.7 Å². The van der Waals surface area contributed by atoms with E-state index in [2.05, 4.69) is 4.98 Å². The van der Waals surface area contributed by atoms with Gasteiger partial charge in [0.15, 0.2) is 6.10 Å². The Morgan fingerprint density at radius 3 is 2.36 bits per heavy atom. The number of aryl methyl sites for hydroxylation is 1. The van der Waals surface area contributed by atoms with Gasteiger partial charge in [0.25, 0.3) is 0 Å². The van der Waals surface area contributed by atoms with Gasteiger partial charge in [-0.15, -0.1) is 0 Å². The quantitative estimate of drug-likeness (QED) is 0.665. The maximum atomic E-state index is 12.4. The number of rotatable bonds is 5. The van der Waals surface area contributed by atoms with E-state index < -0.39 is 12.1 Å². The van der Waals surface area contributed by atoms with Crippen molar-refractivity contribution in [1.29, 1.82) is 0 Å². The van der Waals surface area contributed by atoms with Gasteiger partial charge >= 0.3 is 11.9 Å². The Morgan fingerprint density at radius 2 is 1.86 bits per heavy atom. The lowest BCUT2D eigenvalue weighted by molar-refractivity contribution is -0.148. The number of methoxy groups -OCH3 is 1. The molecule has 0 spiro atoms. The van der Waals surface area contributed by atoms with Crippen molar-refractivity contribution in [1.82, 2.24) is 4.98 Å². The number of carbonyl (C=O) groups excluding carboxylic acids is 3. The second kappa shape index (κ2) is 5.94. The summed E-state index contributed by atoms with van der Waals surface area (Å²) in [5, 5.41) is 0. The molecule has 3 atom stereocenters. The van der Waals surface area contributed by atoms with E-state index in [1.54, 1.807) is 20.8 Å². The van der Waals surface area contributed by atoms with Gasteiger partial charge in [0, 0.05) is 5.69 Å². The van der Waals surface area contributed by atoms with E-state index in [0.29, 0.717) is 22.7 Å². The molecule has 0 aliphatic heterocycles. The van der Waals surface area contributed by atoms with Crippen LogP contribution in [0.3, 0.4) is 0 Å². The summed E-state index contributed by atoms with van der Waals surface area (Å²) in [6.45, 7) is 6.87. The number of ether oxygens (including phenoxy) is 2. The first-order valence-electron chi connectivity index (χ1n) is 7.30. The van der Waals surface area contributed by atoms with Crippen LogP contribution in [0, 0.1) is 25.7 Å². The third-order valence-corrected chi connectivity index (χ3v) is 4.15. The summed E-state index contributed by atoms with van der Waals surface area (Å²) in [5.74, 6) is -0.941. The Bertz CT molecular complexity index is 631. The number of H-pyrrole nitrogens is 1. The SMILES string of the molecule is COC(=O)c1c(C)[nH]c(C(=O)[C@@H](C)OC(=O)[C@@H]2C[C@@H]2C)c1C. The number of aromatic amines is 1. The molecular formula is C16H21NO5. The first-order chi connectivity index (χ1) is 10.3. The summed E-state index contributed by atoms with van der Waals surface area (Å²) < 4.78 is 9.94. The van der Waals surface area contributed by atoms with Crippen LogP contribution >= 0.6 is 0 Å². The number of nitrogens with one attached hydrogen (secondary N) is 1. The molecule has 1 aromatic rings. The number of ketones is 1. The second-order valence-corrected chi connectivity index (χ2v) is 5.88. The highest BCUT2D eigenvalue weighted by Crippen LogP contribution is 2.39. The Hall–Kier alpha value is -2.11. The molecule has 6 heteroatoms. The Balaban J connectivity index is 2.15. The van der Waals surface area contributed by atoms with Crippen molar-refractivity contribution in [3.05, 3.63) is 22.5 Å². The summed E-state index contributed by atoms with van der Waals surface area (Å²) in [7, 11) is 1.29. The molecule has 2 rings (SSSR count). The van der Waals surface area contributed by atoms with E-state index in [0.717, 1.165) is 6.42 Å². The fraction of sp³-hybridized carbons (Fsp3) is 0.562. The predicted molar refractivity (Wildman–Crippen MR) is 78.8 cm³/mol. The minimum atomic E-state index is -0.887. The molecule has 1 fully saturated rings. The average Bonchev–Trinajstić information content (AvgIpc) is 3.12. The zero-order valence-corrected chi connectivity index (χ0v) is 13.5. The minimum absolute atomic E-state index is 0.0904. The van der Waals surface area contributed by atoms with Gasteiger partial charge in [-0.3, -0.25) is 9.59 Å². The Morgan fingerprint density at radius 1 is 1.27 bits per heavy atom. The van der Waals surface area contributed by atoms with Gasteiger partial charge in [0.05, 0.1) is 24.3 Å². The summed E-state index contributed by atoms with van der Waals surface area (Å²) in [6, 6.07) is 0. The summed E-state index contributed by atoms with van der Waals surface area (Å²) in [5.41, 5.74) is 1.70. The zero-order valence-electron chi connectivity index (χ0n) is 13.5. The van der Waals surface area contributed by atoms with Gasteiger partial charge in [0.1, 0.15) is 0 Å². The largest absolute Gasteiger partial charge is 0.465 e. The fourth-order valence-electron chi connectivity index (χ4n) is 2.57. The third kappa shape index (κ3) is 2.91. The number of esters is 2. The van der Waals surface area contributed by atoms with E-state index in [-0.39, 0.29) is 23.4 Å². The Labute approximate surface area is 129 Å². The monoisotopic (exact) mass is 307 g/mol. The summed E-state index contributed by atoms with van der Waals surface area (Å²) in [4.78, 5) is 38.9. The zero-order chi connectivity index (χ0) is 16.6. The Kier molecular flexibility index (Phi) is 4.39. The molecule has 0 bridgehead atoms. The highest BCUT2D eigenvalue weighted by molar-refractivity contribution is 6.04. The van der Waals surface area contributed by atoms with Crippen molar-refractivity contribution >= 4 is 17.7 Å². The van der Waals surface area contributed by atoms with Crippen LogP contribution in [0.25, 0.3) is 0 Å². The van der Waals surface area contributed by atoms with Crippen LogP contribution in [0.15, 0.2) is 0 Å². The molecule has 1 heterocycles. The highest BCUT2D eigenvalue weighted by atomic mass is 16.5. The molecule has 1 aromatic heterocycles. The molecule has 6 nitrogen and oxygen atoms in total. The van der Waals surface area contributed by atoms with Gasteiger partial charge < -0.3 is 14.5 Å². The number of hydrogen-bond acceptors (Lipinski definition) is 5. The molecule has 1 N–H and O–H groups in total. The van der Waals surface area contributed by atoms with E-state index in [1.807, 2.05) is 6.92 Å². The van der Waals surface area contributed by atoms with Crippen LogP contribution in [0.1, 0.15) is 52.4 Å². The fourth-order valence-corrected chi connectivity index (χ4v) is 2.57. The molecule has 0 radical (unpaired) electrons. The van der Waals surface area contributed by atoms with Crippen LogP contribution in [0.5, 0.6) is 0 Å². The van der Waals surface area contributed by atoms with Gasteiger partial charge in [-0.1, -0.05) is 6.92 Å². The summed E-state index contributed by atoms with van der Waals surface area (Å²) >= 11 is 0. The maximum Gasteiger partial charge on any atom is 0.339 e. The molecule has 0 amide bonds. The molecule has 0 saturated heterocycles. The van der Waals surface area contributed by atoms with E-state index in [1.165, 1.54) is 7.11 Å². The third-order valence-electron chi connectivity index (χ3n) is 4.15. The first-order valence-corrected chi connectivity index (χ1v) is 7.30. The van der Waals surface area contributed by atoms with Crippen molar-refractivity contribution < 1.29 is 23.9 Å². The molecule has 0 unspecified atom stereocenters. The van der Waals surface area contributed by atoms with Crippen molar-refractivity contribution in [2.75, 3.05) is 7.11 Å². The lowest BCUT2D eigenvalue weighted by atomic mass is 10.1. The van der Waals surface area contributed by atoms with Crippen LogP contribution in [0.4, 0.5) is 0 Å². The first kappa shape index (κ1) is 16.3. The van der Waals surface area contributed by atoms with Crippen LogP contribution in [-0.4, -0.2) is 35.9 Å².